The summed E-state index contributed by atoms with van der Waals surface area (Å²) >= 11 is 5.85. The van der Waals surface area contributed by atoms with Crippen LogP contribution in [0.3, 0.4) is 0 Å². The van der Waals surface area contributed by atoms with E-state index in [1.165, 1.54) is 17.6 Å². The van der Waals surface area contributed by atoms with Crippen LogP contribution < -0.4 is 0 Å². The van der Waals surface area contributed by atoms with Gasteiger partial charge in [-0.05, 0) is 42.9 Å². The molecule has 0 radical (unpaired) electrons. The molecule has 0 aromatic carbocycles. The molecule has 0 bridgehead atoms. The van der Waals surface area contributed by atoms with Gasteiger partial charge in [-0.3, -0.25) is 9.69 Å². The number of carbonyl (C=O) groups excluding carboxylic acids is 1. The average molecular weight is 334 g/mol. The van der Waals surface area contributed by atoms with Crippen molar-refractivity contribution in [1.29, 1.82) is 0 Å². The normalized spacial score (nSPS) is 22.8. The van der Waals surface area contributed by atoms with Crippen molar-refractivity contribution < 1.29 is 4.79 Å². The minimum absolute atomic E-state index is 0.203. The maximum Gasteiger partial charge on any atom is 0.219 e. The van der Waals surface area contributed by atoms with Gasteiger partial charge < -0.3 is 4.90 Å². The van der Waals surface area contributed by atoms with Crippen LogP contribution in [0.15, 0.2) is 30.0 Å². The van der Waals surface area contributed by atoms with Gasteiger partial charge in [0, 0.05) is 39.3 Å². The van der Waals surface area contributed by atoms with Gasteiger partial charge in [0.25, 0.3) is 0 Å². The number of nitrogens with zero attached hydrogens (tertiary/aromatic N) is 3. The van der Waals surface area contributed by atoms with E-state index < -0.39 is 0 Å². The lowest BCUT2D eigenvalue weighted by Gasteiger charge is -2.40. The van der Waals surface area contributed by atoms with E-state index in [4.69, 9.17) is 11.6 Å². The molecule has 0 spiro atoms. The van der Waals surface area contributed by atoms with Crippen molar-refractivity contribution >= 4 is 17.5 Å². The molecule has 4 nitrogen and oxygen atoms in total. The monoisotopic (exact) mass is 333 g/mol. The Labute approximate surface area is 143 Å². The molecule has 23 heavy (non-hydrogen) atoms. The van der Waals surface area contributed by atoms with Crippen LogP contribution in [0.2, 0.25) is 5.15 Å². The molecule has 1 amide bonds. The molecule has 1 aromatic rings. The van der Waals surface area contributed by atoms with Gasteiger partial charge in [-0.2, -0.15) is 0 Å². The zero-order valence-corrected chi connectivity index (χ0v) is 14.4. The molecule has 2 aliphatic rings. The number of likely N-dealkylation sites (tertiary alicyclic amines) is 1. The van der Waals surface area contributed by atoms with Crippen LogP contribution >= 0.6 is 11.6 Å². The van der Waals surface area contributed by atoms with Crippen LogP contribution in [0.25, 0.3) is 0 Å². The summed E-state index contributed by atoms with van der Waals surface area (Å²) in [6.45, 7) is 5.47. The fourth-order valence-electron chi connectivity index (χ4n) is 3.66. The topological polar surface area (TPSA) is 36.4 Å². The molecule has 0 saturated carbocycles. The lowest BCUT2D eigenvalue weighted by Crippen LogP contribution is -2.46. The summed E-state index contributed by atoms with van der Waals surface area (Å²) in [5.41, 5.74) is 2.59. The molecule has 0 unspecified atom stereocenters. The molecule has 1 fully saturated rings. The third-order valence-corrected chi connectivity index (χ3v) is 5.01. The first-order chi connectivity index (χ1) is 11.1. The maximum atomic E-state index is 11.9. The lowest BCUT2D eigenvalue weighted by atomic mass is 9.92. The Hall–Kier alpha value is -1.39. The first-order valence-corrected chi connectivity index (χ1v) is 8.80. The number of rotatable bonds is 3. The summed E-state index contributed by atoms with van der Waals surface area (Å²) in [5.74, 6) is 0.203. The molecule has 1 aromatic heterocycles. The van der Waals surface area contributed by atoms with E-state index in [1.54, 1.807) is 6.92 Å². The van der Waals surface area contributed by atoms with Crippen molar-refractivity contribution in [1.82, 2.24) is 14.8 Å². The fraction of sp³-hybridized carbons (Fsp3) is 0.556. The Kier molecular flexibility index (Phi) is 5.34. The summed E-state index contributed by atoms with van der Waals surface area (Å²) in [6, 6.07) is 4.18. The van der Waals surface area contributed by atoms with Crippen molar-refractivity contribution in [3.63, 3.8) is 0 Å². The van der Waals surface area contributed by atoms with Gasteiger partial charge >= 0.3 is 0 Å². The molecule has 3 heterocycles. The van der Waals surface area contributed by atoms with Gasteiger partial charge in [0.2, 0.25) is 5.91 Å². The number of piperidine rings is 1. The van der Waals surface area contributed by atoms with Gasteiger partial charge in [0.15, 0.2) is 0 Å². The van der Waals surface area contributed by atoms with Crippen molar-refractivity contribution in [2.45, 2.75) is 45.2 Å². The average Bonchev–Trinajstić information content (AvgIpc) is 2.57. The highest BCUT2D eigenvalue weighted by atomic mass is 35.5. The van der Waals surface area contributed by atoms with Crippen LogP contribution in [-0.4, -0.2) is 46.4 Å². The second kappa shape index (κ2) is 7.45. The highest BCUT2D eigenvalue weighted by molar-refractivity contribution is 6.29. The zero-order valence-electron chi connectivity index (χ0n) is 13.7. The minimum Gasteiger partial charge on any atom is -0.336 e. The number of amides is 1. The predicted octanol–water partition coefficient (Wildman–Crippen LogP) is 3.27. The lowest BCUT2D eigenvalue weighted by molar-refractivity contribution is -0.131. The second-order valence-corrected chi connectivity index (χ2v) is 6.88. The predicted molar refractivity (Wildman–Crippen MR) is 92.3 cm³/mol. The number of hydrogen-bond acceptors (Lipinski definition) is 3. The summed E-state index contributed by atoms with van der Waals surface area (Å²) in [7, 11) is 0. The second-order valence-electron chi connectivity index (χ2n) is 6.49. The number of halogens is 1. The summed E-state index contributed by atoms with van der Waals surface area (Å²) in [5, 5.41) is 0.535. The molecule has 124 valence electrons. The zero-order chi connectivity index (χ0) is 16.2. The number of aromatic nitrogens is 1. The quantitative estimate of drug-likeness (QED) is 0.629. The molecule has 5 heteroatoms. The maximum absolute atomic E-state index is 11.9. The highest BCUT2D eigenvalue weighted by Crippen LogP contribution is 2.26. The van der Waals surface area contributed by atoms with Gasteiger partial charge in [0.05, 0.1) is 6.04 Å². The summed E-state index contributed by atoms with van der Waals surface area (Å²) < 4.78 is 0. The van der Waals surface area contributed by atoms with Crippen molar-refractivity contribution in [2.24, 2.45) is 0 Å². The van der Waals surface area contributed by atoms with Gasteiger partial charge in [0.1, 0.15) is 5.15 Å². The molecule has 2 aliphatic heterocycles. The number of carbonyl (C=O) groups is 1. The van der Waals surface area contributed by atoms with Crippen molar-refractivity contribution in [2.75, 3.05) is 19.6 Å². The third-order valence-electron chi connectivity index (χ3n) is 4.79. The van der Waals surface area contributed by atoms with Crippen LogP contribution in [-0.2, 0) is 11.3 Å². The molecule has 0 N–H and O–H groups in total. The van der Waals surface area contributed by atoms with Crippen LogP contribution in [0.1, 0.15) is 38.2 Å². The molecular weight excluding hydrogens is 310 g/mol. The Balaban J connectivity index is 1.66. The third kappa shape index (κ3) is 4.12. The standard InChI is InChI=1S/C18H24ClN3O/c1-14(23)22-10-3-2-6-17(22)16-5-4-9-21(13-16)12-15-7-8-18(19)20-11-15/h5,7-8,11,17H,2-4,6,9-10,12-13H2,1H3/t17-/m1/s1. The largest absolute Gasteiger partial charge is 0.336 e. The van der Waals surface area contributed by atoms with E-state index in [1.807, 2.05) is 18.3 Å². The van der Waals surface area contributed by atoms with Crippen LogP contribution in [0, 0.1) is 0 Å². The molecule has 3 rings (SSSR count). The van der Waals surface area contributed by atoms with E-state index in [9.17, 15) is 4.79 Å². The highest BCUT2D eigenvalue weighted by Gasteiger charge is 2.29. The Bertz CT molecular complexity index is 584. The molecule has 1 saturated heterocycles. The summed E-state index contributed by atoms with van der Waals surface area (Å²) in [4.78, 5) is 20.6. The van der Waals surface area contributed by atoms with E-state index in [2.05, 4.69) is 20.9 Å². The van der Waals surface area contributed by atoms with E-state index >= 15 is 0 Å². The van der Waals surface area contributed by atoms with E-state index in [-0.39, 0.29) is 5.91 Å². The summed E-state index contributed by atoms with van der Waals surface area (Å²) in [6.07, 6.45) is 8.70. The first-order valence-electron chi connectivity index (χ1n) is 8.42. The van der Waals surface area contributed by atoms with Crippen molar-refractivity contribution in [3.8, 4) is 0 Å². The Morgan fingerprint density at radius 3 is 2.96 bits per heavy atom. The number of hydrogen-bond donors (Lipinski definition) is 0. The molecular formula is C18H24ClN3O. The Morgan fingerprint density at radius 1 is 1.35 bits per heavy atom. The fourth-order valence-corrected chi connectivity index (χ4v) is 3.77. The van der Waals surface area contributed by atoms with E-state index in [0.717, 1.165) is 45.4 Å². The van der Waals surface area contributed by atoms with Gasteiger partial charge in [-0.15, -0.1) is 0 Å². The van der Waals surface area contributed by atoms with Crippen LogP contribution in [0.5, 0.6) is 0 Å². The SMILES string of the molecule is CC(=O)N1CCCC[C@@H]1C1=CCCN(Cc2ccc(Cl)nc2)C1. The molecule has 0 aliphatic carbocycles. The minimum atomic E-state index is 0.203. The van der Waals surface area contributed by atoms with Crippen LogP contribution in [0.4, 0.5) is 0 Å². The first kappa shape index (κ1) is 16.5. The van der Waals surface area contributed by atoms with Crippen molar-refractivity contribution in [3.05, 3.63) is 40.7 Å². The van der Waals surface area contributed by atoms with Gasteiger partial charge in [-0.25, -0.2) is 4.98 Å². The smallest absolute Gasteiger partial charge is 0.219 e. The van der Waals surface area contributed by atoms with Gasteiger partial charge in [-0.1, -0.05) is 23.7 Å². The van der Waals surface area contributed by atoms with E-state index in [0.29, 0.717) is 11.2 Å². The Morgan fingerprint density at radius 2 is 2.22 bits per heavy atom. The number of pyridine rings is 1. The molecule has 1 atom stereocenters.